The maximum atomic E-state index is 14.2. The van der Waals surface area contributed by atoms with E-state index >= 15 is 0 Å². The lowest BCUT2D eigenvalue weighted by molar-refractivity contribution is 0.0499. The van der Waals surface area contributed by atoms with Gasteiger partial charge in [0.2, 0.25) is 5.76 Å². The molecule has 1 amide bonds. The van der Waals surface area contributed by atoms with Crippen LogP contribution in [0.2, 0.25) is 0 Å². The van der Waals surface area contributed by atoms with Crippen molar-refractivity contribution in [2.45, 2.75) is 66.8 Å². The van der Waals surface area contributed by atoms with Crippen LogP contribution in [0.4, 0.5) is 5.69 Å². The van der Waals surface area contributed by atoms with Gasteiger partial charge in [0.1, 0.15) is 5.58 Å². The second-order valence-corrected chi connectivity index (χ2v) is 11.9. The summed E-state index contributed by atoms with van der Waals surface area (Å²) in [7, 11) is 0. The maximum absolute atomic E-state index is 14.2. The van der Waals surface area contributed by atoms with Crippen molar-refractivity contribution in [3.8, 4) is 11.5 Å². The summed E-state index contributed by atoms with van der Waals surface area (Å²) in [4.78, 5) is 42.5. The number of benzene rings is 3. The molecule has 1 aliphatic heterocycles. The fourth-order valence-electron chi connectivity index (χ4n) is 5.45. The van der Waals surface area contributed by atoms with Gasteiger partial charge in [-0.25, -0.2) is 4.79 Å². The van der Waals surface area contributed by atoms with E-state index in [1.165, 1.54) is 0 Å². The van der Waals surface area contributed by atoms with Gasteiger partial charge in [-0.3, -0.25) is 14.5 Å². The highest BCUT2D eigenvalue weighted by molar-refractivity contribution is 6.11. The Morgan fingerprint density at radius 1 is 0.911 bits per heavy atom. The number of ether oxygens (including phenoxy) is 3. The molecule has 8 heteroatoms. The third kappa shape index (κ3) is 6.46. The summed E-state index contributed by atoms with van der Waals surface area (Å²) in [5.74, 6) is 0.743. The zero-order valence-corrected chi connectivity index (χ0v) is 26.9. The van der Waals surface area contributed by atoms with Crippen LogP contribution in [0.1, 0.15) is 96.2 Å². The first-order chi connectivity index (χ1) is 21.6. The standard InChI is InChI=1S/C37H41NO7/c1-7-9-17-44-37(41)25-10-13-27(14-11-25)38-33(26-12-15-29(31(21-26)42-8-2)43-18-16-22(3)4)32-34(39)28-19-23(5)24(6)20-30(28)45-35(32)36(38)40/h10-15,19-22,33H,7-9,16-18H2,1-6H3. The molecule has 2 heterocycles. The van der Waals surface area contributed by atoms with Crippen LogP contribution in [-0.4, -0.2) is 31.7 Å². The van der Waals surface area contributed by atoms with Crippen molar-refractivity contribution in [1.82, 2.24) is 0 Å². The summed E-state index contributed by atoms with van der Waals surface area (Å²) in [5, 5.41) is 0.417. The number of hydrogen-bond donors (Lipinski definition) is 0. The molecule has 1 aliphatic rings. The fraction of sp³-hybridized carbons (Fsp3) is 0.378. The number of hydrogen-bond acceptors (Lipinski definition) is 7. The molecule has 1 unspecified atom stereocenters. The molecule has 0 spiro atoms. The first kappa shape index (κ1) is 31.8. The number of unbranched alkanes of at least 4 members (excludes halogenated alkanes) is 1. The molecule has 3 aromatic carbocycles. The van der Waals surface area contributed by atoms with Crippen molar-refractivity contribution in [2.24, 2.45) is 5.92 Å². The number of rotatable bonds is 12. The van der Waals surface area contributed by atoms with Crippen molar-refractivity contribution in [3.05, 3.63) is 98.4 Å². The van der Waals surface area contributed by atoms with E-state index in [1.54, 1.807) is 35.2 Å². The number of esters is 1. The molecule has 0 fully saturated rings. The highest BCUT2D eigenvalue weighted by Gasteiger charge is 2.44. The van der Waals surface area contributed by atoms with Gasteiger partial charge in [0.15, 0.2) is 16.9 Å². The van der Waals surface area contributed by atoms with Crippen molar-refractivity contribution in [1.29, 1.82) is 0 Å². The molecule has 0 bridgehead atoms. The summed E-state index contributed by atoms with van der Waals surface area (Å²) in [6.45, 7) is 13.4. The number of carbonyl (C=O) groups excluding carboxylic acids is 2. The second kappa shape index (κ2) is 13.6. The van der Waals surface area contributed by atoms with E-state index in [-0.39, 0.29) is 16.8 Å². The summed E-state index contributed by atoms with van der Waals surface area (Å²) >= 11 is 0. The lowest BCUT2D eigenvalue weighted by Crippen LogP contribution is -2.29. The van der Waals surface area contributed by atoms with Crippen LogP contribution < -0.4 is 19.8 Å². The van der Waals surface area contributed by atoms with Crippen molar-refractivity contribution in [3.63, 3.8) is 0 Å². The number of anilines is 1. The molecule has 5 rings (SSSR count). The van der Waals surface area contributed by atoms with Crippen molar-refractivity contribution < 1.29 is 28.2 Å². The molecular formula is C37H41NO7. The van der Waals surface area contributed by atoms with E-state index in [9.17, 15) is 14.4 Å². The first-order valence-corrected chi connectivity index (χ1v) is 15.7. The minimum atomic E-state index is -0.805. The SMILES string of the molecule is CCCCOC(=O)c1ccc(N2C(=O)c3oc4cc(C)c(C)cc4c(=O)c3C2c2ccc(OCCC(C)C)c(OCC)c2)cc1. The van der Waals surface area contributed by atoms with E-state index in [4.69, 9.17) is 18.6 Å². The number of fused-ring (bicyclic) bond motifs is 2. The Balaban J connectivity index is 1.63. The first-order valence-electron chi connectivity index (χ1n) is 15.7. The molecule has 1 atom stereocenters. The Morgan fingerprint density at radius 2 is 1.64 bits per heavy atom. The average molecular weight is 612 g/mol. The van der Waals surface area contributed by atoms with E-state index < -0.39 is 17.9 Å². The smallest absolute Gasteiger partial charge is 0.338 e. The number of nitrogens with zero attached hydrogens (tertiary/aromatic N) is 1. The topological polar surface area (TPSA) is 95.3 Å². The molecule has 45 heavy (non-hydrogen) atoms. The van der Waals surface area contributed by atoms with Gasteiger partial charge >= 0.3 is 5.97 Å². The largest absolute Gasteiger partial charge is 0.490 e. The molecular weight excluding hydrogens is 570 g/mol. The van der Waals surface area contributed by atoms with Crippen LogP contribution in [0.5, 0.6) is 11.5 Å². The van der Waals surface area contributed by atoms with Crippen molar-refractivity contribution in [2.75, 3.05) is 24.7 Å². The molecule has 0 N–H and O–H groups in total. The fourth-order valence-corrected chi connectivity index (χ4v) is 5.45. The van der Waals surface area contributed by atoms with Crippen LogP contribution in [-0.2, 0) is 4.74 Å². The van der Waals surface area contributed by atoms with Gasteiger partial charge < -0.3 is 18.6 Å². The zero-order valence-electron chi connectivity index (χ0n) is 26.9. The maximum Gasteiger partial charge on any atom is 0.338 e. The highest BCUT2D eigenvalue weighted by Crippen LogP contribution is 2.43. The minimum absolute atomic E-state index is 0.000903. The van der Waals surface area contributed by atoms with Gasteiger partial charge in [-0.2, -0.15) is 0 Å². The zero-order chi connectivity index (χ0) is 32.2. The average Bonchev–Trinajstić information content (AvgIpc) is 3.31. The van der Waals surface area contributed by atoms with Crippen LogP contribution in [0.15, 0.2) is 63.8 Å². The van der Waals surface area contributed by atoms with Gasteiger partial charge in [0.05, 0.1) is 42.4 Å². The van der Waals surface area contributed by atoms with Gasteiger partial charge in [0, 0.05) is 5.69 Å². The van der Waals surface area contributed by atoms with Gasteiger partial charge in [-0.15, -0.1) is 0 Å². The highest BCUT2D eigenvalue weighted by atomic mass is 16.5. The molecule has 0 radical (unpaired) electrons. The Kier molecular flexibility index (Phi) is 9.61. The molecule has 0 saturated carbocycles. The van der Waals surface area contributed by atoms with Crippen molar-refractivity contribution >= 4 is 28.5 Å². The Labute approximate surface area is 263 Å². The summed E-state index contributed by atoms with van der Waals surface area (Å²) in [5.41, 5.74) is 3.83. The van der Waals surface area contributed by atoms with Gasteiger partial charge in [-0.05, 0) is 105 Å². The Morgan fingerprint density at radius 3 is 2.33 bits per heavy atom. The van der Waals surface area contributed by atoms with Gasteiger partial charge in [-0.1, -0.05) is 33.3 Å². The van der Waals surface area contributed by atoms with Gasteiger partial charge in [0.25, 0.3) is 5.91 Å². The van der Waals surface area contributed by atoms with E-state index in [2.05, 4.69) is 13.8 Å². The second-order valence-electron chi connectivity index (χ2n) is 11.9. The predicted molar refractivity (Wildman–Crippen MR) is 175 cm³/mol. The van der Waals surface area contributed by atoms with Crippen LogP contribution in [0.25, 0.3) is 11.0 Å². The van der Waals surface area contributed by atoms with E-state index in [1.807, 2.05) is 52.0 Å². The molecule has 8 nitrogen and oxygen atoms in total. The lowest BCUT2D eigenvalue weighted by Gasteiger charge is -2.26. The predicted octanol–water partition coefficient (Wildman–Crippen LogP) is 7.94. The normalized spacial score (nSPS) is 14.2. The summed E-state index contributed by atoms with van der Waals surface area (Å²) < 4.78 is 23.6. The number of carbonyl (C=O) groups is 2. The minimum Gasteiger partial charge on any atom is -0.490 e. The monoisotopic (exact) mass is 611 g/mol. The third-order valence-electron chi connectivity index (χ3n) is 8.13. The quantitative estimate of drug-likeness (QED) is 0.119. The molecule has 236 valence electrons. The number of aryl methyl sites for hydroxylation is 2. The summed E-state index contributed by atoms with van der Waals surface area (Å²) in [6, 6.07) is 15.0. The van der Waals surface area contributed by atoms with Crippen LogP contribution in [0, 0.1) is 19.8 Å². The van der Waals surface area contributed by atoms with Crippen LogP contribution in [0.3, 0.4) is 0 Å². The van der Waals surface area contributed by atoms with E-state index in [0.29, 0.717) is 65.0 Å². The molecule has 0 saturated heterocycles. The third-order valence-corrected chi connectivity index (χ3v) is 8.13. The molecule has 1 aromatic heterocycles. The van der Waals surface area contributed by atoms with E-state index in [0.717, 1.165) is 30.4 Å². The lowest BCUT2D eigenvalue weighted by atomic mass is 9.96. The Hall–Kier alpha value is -4.59. The molecule has 4 aromatic rings. The molecule has 0 aliphatic carbocycles. The number of amides is 1. The summed E-state index contributed by atoms with van der Waals surface area (Å²) in [6.07, 6.45) is 2.59. The van der Waals surface area contributed by atoms with Crippen LogP contribution >= 0.6 is 0 Å². The Bertz CT molecular complexity index is 1770.